The van der Waals surface area contributed by atoms with Crippen LogP contribution in [0.2, 0.25) is 0 Å². The van der Waals surface area contributed by atoms with Crippen molar-refractivity contribution in [3.8, 4) is 5.75 Å². The van der Waals surface area contributed by atoms with E-state index in [1.165, 1.54) is 0 Å². The largest absolute Gasteiger partial charge is 0.506 e. The third-order valence-corrected chi connectivity index (χ3v) is 3.22. The van der Waals surface area contributed by atoms with Crippen molar-refractivity contribution in [2.45, 2.75) is 20.3 Å². The van der Waals surface area contributed by atoms with Crippen LogP contribution in [0.4, 0.5) is 0 Å². The minimum absolute atomic E-state index is 0.291. The minimum Gasteiger partial charge on any atom is -0.506 e. The predicted molar refractivity (Wildman–Crippen MR) is 59.1 cm³/mol. The van der Waals surface area contributed by atoms with Gasteiger partial charge in [-0.2, -0.15) is 0 Å². The van der Waals surface area contributed by atoms with Crippen molar-refractivity contribution in [3.05, 3.63) is 27.2 Å². The van der Waals surface area contributed by atoms with Crippen LogP contribution < -0.4 is 5.90 Å². The molecule has 0 fully saturated rings. The summed E-state index contributed by atoms with van der Waals surface area (Å²) in [7, 11) is 0. The van der Waals surface area contributed by atoms with Gasteiger partial charge in [0.05, 0.1) is 11.1 Å². The summed E-state index contributed by atoms with van der Waals surface area (Å²) in [6.07, 6.45) is 0.618. The second kappa shape index (κ2) is 4.77. The van der Waals surface area contributed by atoms with E-state index in [0.717, 1.165) is 21.2 Å². The van der Waals surface area contributed by atoms with Gasteiger partial charge in [-0.05, 0) is 40.9 Å². The van der Waals surface area contributed by atoms with Crippen molar-refractivity contribution in [1.82, 2.24) is 0 Å². The van der Waals surface area contributed by atoms with Gasteiger partial charge in [-0.25, -0.2) is 5.90 Å². The van der Waals surface area contributed by atoms with Crippen molar-refractivity contribution in [3.63, 3.8) is 0 Å². The number of benzene rings is 1. The van der Waals surface area contributed by atoms with Crippen LogP contribution in [0.5, 0.6) is 5.75 Å². The van der Waals surface area contributed by atoms with Crippen molar-refractivity contribution in [2.24, 2.45) is 5.90 Å². The summed E-state index contributed by atoms with van der Waals surface area (Å²) in [6, 6.07) is 2.02. The Morgan fingerprint density at radius 1 is 1.43 bits per heavy atom. The Bertz CT molecular complexity index is 339. The van der Waals surface area contributed by atoms with Gasteiger partial charge in [0.15, 0.2) is 0 Å². The fraction of sp³-hybridized carbons (Fsp3) is 0.400. The number of nitrogens with two attached hydrogens (primary N) is 1. The van der Waals surface area contributed by atoms with Gasteiger partial charge in [0.2, 0.25) is 0 Å². The highest BCUT2D eigenvalue weighted by molar-refractivity contribution is 9.10. The van der Waals surface area contributed by atoms with Gasteiger partial charge in [0, 0.05) is 12.0 Å². The van der Waals surface area contributed by atoms with Crippen LogP contribution in [0.1, 0.15) is 16.7 Å². The average Bonchev–Trinajstić information content (AvgIpc) is 2.14. The molecule has 4 heteroatoms. The zero-order valence-electron chi connectivity index (χ0n) is 8.30. The molecule has 0 unspecified atom stereocenters. The van der Waals surface area contributed by atoms with Crippen LogP contribution in [-0.4, -0.2) is 11.7 Å². The van der Waals surface area contributed by atoms with Crippen LogP contribution in [0.3, 0.4) is 0 Å². The van der Waals surface area contributed by atoms with Crippen molar-refractivity contribution < 1.29 is 9.94 Å². The summed E-state index contributed by atoms with van der Waals surface area (Å²) in [6.45, 7) is 4.31. The molecule has 0 atom stereocenters. The first-order valence-electron chi connectivity index (χ1n) is 4.37. The quantitative estimate of drug-likeness (QED) is 0.819. The Hall–Kier alpha value is -0.580. The van der Waals surface area contributed by atoms with E-state index in [0.29, 0.717) is 18.8 Å². The molecule has 0 spiro atoms. The van der Waals surface area contributed by atoms with Crippen LogP contribution in [0.25, 0.3) is 0 Å². The number of aryl methyl sites for hydroxylation is 2. The van der Waals surface area contributed by atoms with E-state index in [1.807, 2.05) is 19.9 Å². The molecule has 0 radical (unpaired) electrons. The first-order chi connectivity index (χ1) is 6.57. The molecule has 0 saturated carbocycles. The molecule has 0 aliphatic heterocycles. The first-order valence-corrected chi connectivity index (χ1v) is 5.16. The molecule has 0 bridgehead atoms. The lowest BCUT2D eigenvalue weighted by Gasteiger charge is -2.11. The highest BCUT2D eigenvalue weighted by atomic mass is 79.9. The van der Waals surface area contributed by atoms with E-state index < -0.39 is 0 Å². The minimum atomic E-state index is 0.291. The molecule has 0 amide bonds. The Balaban J connectivity index is 3.09. The summed E-state index contributed by atoms with van der Waals surface area (Å²) in [5.41, 5.74) is 2.96. The molecule has 78 valence electrons. The van der Waals surface area contributed by atoms with Gasteiger partial charge in [-0.1, -0.05) is 6.07 Å². The zero-order chi connectivity index (χ0) is 10.7. The van der Waals surface area contributed by atoms with Crippen LogP contribution in [0.15, 0.2) is 10.5 Å². The van der Waals surface area contributed by atoms with Crippen LogP contribution in [-0.2, 0) is 11.3 Å². The molecule has 1 aromatic carbocycles. The number of hydrogen-bond acceptors (Lipinski definition) is 3. The molecule has 1 rings (SSSR count). The number of rotatable bonds is 3. The Kier molecular flexibility index (Phi) is 3.92. The van der Waals surface area contributed by atoms with Gasteiger partial charge < -0.3 is 9.94 Å². The van der Waals surface area contributed by atoms with E-state index in [1.54, 1.807) is 0 Å². The second-order valence-corrected chi connectivity index (χ2v) is 4.07. The fourth-order valence-electron chi connectivity index (χ4n) is 1.46. The van der Waals surface area contributed by atoms with E-state index in [-0.39, 0.29) is 0 Å². The monoisotopic (exact) mass is 259 g/mol. The third-order valence-electron chi connectivity index (χ3n) is 2.22. The smallest absolute Gasteiger partial charge is 0.133 e. The van der Waals surface area contributed by atoms with E-state index in [2.05, 4.69) is 20.8 Å². The van der Waals surface area contributed by atoms with Crippen LogP contribution in [0, 0.1) is 13.8 Å². The number of hydrogen-bond donors (Lipinski definition) is 2. The highest BCUT2D eigenvalue weighted by Gasteiger charge is 2.11. The molecular weight excluding hydrogens is 246 g/mol. The van der Waals surface area contributed by atoms with Gasteiger partial charge >= 0.3 is 0 Å². The van der Waals surface area contributed by atoms with Gasteiger partial charge in [-0.3, -0.25) is 0 Å². The normalized spacial score (nSPS) is 10.6. The van der Waals surface area contributed by atoms with Crippen molar-refractivity contribution >= 4 is 15.9 Å². The van der Waals surface area contributed by atoms with E-state index in [4.69, 9.17) is 5.90 Å². The lowest BCUT2D eigenvalue weighted by atomic mass is 10.0. The number of phenolic OH excluding ortho intramolecular Hbond substituents is 1. The maximum Gasteiger partial charge on any atom is 0.133 e. The lowest BCUT2D eigenvalue weighted by Crippen LogP contribution is -2.05. The molecule has 0 aliphatic carbocycles. The summed E-state index contributed by atoms with van der Waals surface area (Å²) in [5, 5.41) is 9.84. The number of halogens is 1. The second-order valence-electron chi connectivity index (χ2n) is 3.27. The fourth-order valence-corrected chi connectivity index (χ4v) is 1.81. The summed E-state index contributed by atoms with van der Waals surface area (Å²) < 4.78 is 0.745. The molecule has 0 heterocycles. The Morgan fingerprint density at radius 3 is 2.64 bits per heavy atom. The molecule has 0 saturated heterocycles. The third kappa shape index (κ3) is 2.26. The van der Waals surface area contributed by atoms with Gasteiger partial charge in [0.25, 0.3) is 0 Å². The summed E-state index contributed by atoms with van der Waals surface area (Å²) in [5.74, 6) is 5.24. The van der Waals surface area contributed by atoms with Gasteiger partial charge in [0.1, 0.15) is 5.75 Å². The lowest BCUT2D eigenvalue weighted by molar-refractivity contribution is 0.140. The zero-order valence-corrected chi connectivity index (χ0v) is 9.89. The number of aromatic hydroxyl groups is 1. The predicted octanol–water partition coefficient (Wildman–Crippen LogP) is 2.20. The SMILES string of the molecule is Cc1cc(C)c(CCON)c(O)c1Br. The highest BCUT2D eigenvalue weighted by Crippen LogP contribution is 2.33. The van der Waals surface area contributed by atoms with Gasteiger partial charge in [-0.15, -0.1) is 0 Å². The average molecular weight is 260 g/mol. The van der Waals surface area contributed by atoms with E-state index >= 15 is 0 Å². The molecule has 3 N–H and O–H groups in total. The van der Waals surface area contributed by atoms with Crippen molar-refractivity contribution in [2.75, 3.05) is 6.61 Å². The summed E-state index contributed by atoms with van der Waals surface area (Å²) >= 11 is 3.33. The Morgan fingerprint density at radius 2 is 2.07 bits per heavy atom. The standard InChI is InChI=1S/C10H14BrNO2/c1-6-5-7(2)9(11)10(13)8(6)3-4-14-12/h5,13H,3-4,12H2,1-2H3. The molecule has 3 nitrogen and oxygen atoms in total. The number of phenols is 1. The molecule has 1 aromatic rings. The molecule has 14 heavy (non-hydrogen) atoms. The van der Waals surface area contributed by atoms with Crippen molar-refractivity contribution in [1.29, 1.82) is 0 Å². The topological polar surface area (TPSA) is 55.5 Å². The Labute approximate surface area is 92.0 Å². The maximum absolute atomic E-state index is 9.84. The maximum atomic E-state index is 9.84. The molecule has 0 aliphatic rings. The molecular formula is C10H14BrNO2. The van der Waals surface area contributed by atoms with E-state index in [9.17, 15) is 5.11 Å². The summed E-state index contributed by atoms with van der Waals surface area (Å²) in [4.78, 5) is 4.50. The molecule has 0 aromatic heterocycles. The first kappa shape index (κ1) is 11.5. The van der Waals surface area contributed by atoms with Crippen LogP contribution >= 0.6 is 15.9 Å².